The molecule has 2 atom stereocenters. The second-order valence-corrected chi connectivity index (χ2v) is 8.35. The van der Waals surface area contributed by atoms with E-state index >= 15 is 0 Å². The quantitative estimate of drug-likeness (QED) is 0.688. The van der Waals surface area contributed by atoms with E-state index in [9.17, 15) is 4.39 Å². The number of hydrogen-bond donors (Lipinski definition) is 1. The van der Waals surface area contributed by atoms with Gasteiger partial charge in [-0.3, -0.25) is 9.88 Å². The zero-order valence-corrected chi connectivity index (χ0v) is 16.6. The Balaban J connectivity index is 1.87. The summed E-state index contributed by atoms with van der Waals surface area (Å²) in [7, 11) is 0. The molecule has 0 amide bonds. The topological polar surface area (TPSA) is 31.9 Å². The van der Waals surface area contributed by atoms with Crippen LogP contribution in [0.15, 0.2) is 42.6 Å². The molecule has 0 saturated heterocycles. The fourth-order valence-corrected chi connectivity index (χ4v) is 4.35. The average Bonchev–Trinajstić information content (AvgIpc) is 2.99. The van der Waals surface area contributed by atoms with Gasteiger partial charge in [0.15, 0.2) is 0 Å². The molecular weight excluding hydrogens is 337 g/mol. The highest BCUT2D eigenvalue weighted by atomic mass is 19.1. The molecule has 0 saturated carbocycles. The summed E-state index contributed by atoms with van der Waals surface area (Å²) >= 11 is 0. The summed E-state index contributed by atoms with van der Waals surface area (Å²) in [5, 5.41) is 1.28. The molecule has 1 aliphatic heterocycles. The van der Waals surface area contributed by atoms with E-state index in [-0.39, 0.29) is 12.1 Å². The molecule has 0 radical (unpaired) electrons. The summed E-state index contributed by atoms with van der Waals surface area (Å²) in [5.41, 5.74) is 4.64. The fourth-order valence-electron chi connectivity index (χ4n) is 4.35. The second-order valence-electron chi connectivity index (χ2n) is 8.35. The number of aryl methyl sites for hydroxylation is 1. The number of aromatic amines is 1. The Morgan fingerprint density at radius 2 is 2.00 bits per heavy atom. The van der Waals surface area contributed by atoms with Gasteiger partial charge < -0.3 is 4.98 Å². The first-order valence-corrected chi connectivity index (χ1v) is 9.86. The molecule has 2 aromatic heterocycles. The lowest BCUT2D eigenvalue weighted by Crippen LogP contribution is -2.47. The number of fused-ring (bicyclic) bond motifs is 3. The number of pyridine rings is 1. The number of H-pyrrole nitrogens is 1. The first-order valence-electron chi connectivity index (χ1n) is 9.86. The van der Waals surface area contributed by atoms with Gasteiger partial charge in [0.25, 0.3) is 0 Å². The van der Waals surface area contributed by atoms with Crippen molar-refractivity contribution in [2.24, 2.45) is 0 Å². The number of halogens is 1. The number of para-hydroxylation sites is 1. The molecule has 1 N–H and O–H groups in total. The van der Waals surface area contributed by atoms with E-state index in [2.05, 4.69) is 65.1 Å². The van der Waals surface area contributed by atoms with E-state index in [1.54, 1.807) is 13.8 Å². The predicted molar refractivity (Wildman–Crippen MR) is 109 cm³/mol. The largest absolute Gasteiger partial charge is 0.357 e. The van der Waals surface area contributed by atoms with E-state index in [0.29, 0.717) is 6.54 Å². The summed E-state index contributed by atoms with van der Waals surface area (Å²) in [5.74, 6) is 0. The van der Waals surface area contributed by atoms with Gasteiger partial charge in [0, 0.05) is 41.1 Å². The monoisotopic (exact) mass is 365 g/mol. The number of nitrogens with one attached hydrogen (secondary N) is 1. The third-order valence-corrected chi connectivity index (χ3v) is 5.60. The van der Waals surface area contributed by atoms with Crippen LogP contribution in [0, 0.1) is 0 Å². The van der Waals surface area contributed by atoms with Crippen molar-refractivity contribution in [3.63, 3.8) is 0 Å². The summed E-state index contributed by atoms with van der Waals surface area (Å²) in [6.45, 7) is 8.03. The SMILES string of the molecule is CCc1ccc(C2c3[nH]c4ccccc4c3CC(C)N2CC(C)(C)F)cn1. The summed E-state index contributed by atoms with van der Waals surface area (Å²) in [6, 6.07) is 12.9. The molecule has 1 aromatic carbocycles. The lowest BCUT2D eigenvalue weighted by atomic mass is 9.88. The molecule has 4 heteroatoms. The zero-order valence-electron chi connectivity index (χ0n) is 16.6. The van der Waals surface area contributed by atoms with Crippen molar-refractivity contribution in [1.29, 1.82) is 0 Å². The highest BCUT2D eigenvalue weighted by Crippen LogP contribution is 2.41. The number of alkyl halides is 1. The van der Waals surface area contributed by atoms with Crippen molar-refractivity contribution in [3.05, 3.63) is 65.1 Å². The van der Waals surface area contributed by atoms with Crippen LogP contribution in [-0.2, 0) is 12.8 Å². The van der Waals surface area contributed by atoms with Gasteiger partial charge in [0.1, 0.15) is 5.67 Å². The molecule has 3 heterocycles. The number of nitrogens with zero attached hydrogens (tertiary/aromatic N) is 2. The van der Waals surface area contributed by atoms with E-state index in [1.165, 1.54) is 16.6 Å². The van der Waals surface area contributed by atoms with Crippen LogP contribution >= 0.6 is 0 Å². The standard InChI is InChI=1S/C23H28FN3/c1-5-17-11-10-16(13-25-17)22-21-19(18-8-6-7-9-20(18)26-21)12-15(2)27(22)14-23(3,4)24/h6-11,13,15,22,26H,5,12,14H2,1-4H3. The maximum absolute atomic E-state index is 14.7. The Morgan fingerprint density at radius 1 is 1.22 bits per heavy atom. The Hall–Kier alpha value is -2.20. The molecular formula is C23H28FN3. The molecule has 0 bridgehead atoms. The van der Waals surface area contributed by atoms with Gasteiger partial charge in [0.05, 0.1) is 6.04 Å². The molecule has 1 aliphatic rings. The Kier molecular flexibility index (Phi) is 4.55. The Morgan fingerprint density at radius 3 is 2.67 bits per heavy atom. The van der Waals surface area contributed by atoms with Crippen molar-refractivity contribution in [2.45, 2.75) is 58.3 Å². The van der Waals surface area contributed by atoms with Crippen LogP contribution in [0.4, 0.5) is 4.39 Å². The van der Waals surface area contributed by atoms with Gasteiger partial charge in [-0.25, -0.2) is 4.39 Å². The average molecular weight is 365 g/mol. The van der Waals surface area contributed by atoms with Gasteiger partial charge in [-0.2, -0.15) is 0 Å². The third kappa shape index (κ3) is 3.39. The summed E-state index contributed by atoms with van der Waals surface area (Å²) in [6.07, 6.45) is 3.81. The normalized spacial score (nSPS) is 20.8. The molecule has 3 aromatic rings. The number of benzene rings is 1. The number of aromatic nitrogens is 2. The molecule has 142 valence electrons. The van der Waals surface area contributed by atoms with Crippen LogP contribution in [0.25, 0.3) is 10.9 Å². The molecule has 0 aliphatic carbocycles. The molecule has 3 nitrogen and oxygen atoms in total. The lowest BCUT2D eigenvalue weighted by molar-refractivity contribution is 0.0666. The maximum atomic E-state index is 14.7. The van der Waals surface area contributed by atoms with Gasteiger partial charge in [-0.1, -0.05) is 31.2 Å². The van der Waals surface area contributed by atoms with Crippen molar-refractivity contribution in [3.8, 4) is 0 Å². The van der Waals surface area contributed by atoms with Gasteiger partial charge in [0.2, 0.25) is 0 Å². The Bertz CT molecular complexity index is 936. The van der Waals surface area contributed by atoms with Gasteiger partial charge in [-0.15, -0.1) is 0 Å². The number of hydrogen-bond acceptors (Lipinski definition) is 2. The van der Waals surface area contributed by atoms with E-state index in [1.807, 2.05) is 6.20 Å². The van der Waals surface area contributed by atoms with Crippen LogP contribution in [-0.4, -0.2) is 33.1 Å². The maximum Gasteiger partial charge on any atom is 0.118 e. The smallest absolute Gasteiger partial charge is 0.118 e. The lowest BCUT2D eigenvalue weighted by Gasteiger charge is -2.42. The second kappa shape index (κ2) is 6.75. The molecule has 2 unspecified atom stereocenters. The van der Waals surface area contributed by atoms with Crippen molar-refractivity contribution >= 4 is 10.9 Å². The summed E-state index contributed by atoms with van der Waals surface area (Å²) < 4.78 is 14.7. The minimum Gasteiger partial charge on any atom is -0.357 e. The first kappa shape index (κ1) is 18.2. The van der Waals surface area contributed by atoms with Gasteiger partial charge in [-0.05, 0) is 56.9 Å². The van der Waals surface area contributed by atoms with E-state index in [0.717, 1.165) is 29.6 Å². The minimum absolute atomic E-state index is 0.00965. The van der Waals surface area contributed by atoms with Gasteiger partial charge >= 0.3 is 0 Å². The minimum atomic E-state index is -1.26. The zero-order chi connectivity index (χ0) is 19.2. The fraction of sp³-hybridized carbons (Fsp3) is 0.435. The van der Waals surface area contributed by atoms with Crippen LogP contribution in [0.1, 0.15) is 56.3 Å². The van der Waals surface area contributed by atoms with Crippen LogP contribution < -0.4 is 0 Å². The molecule has 0 spiro atoms. The van der Waals surface area contributed by atoms with Crippen molar-refractivity contribution in [2.75, 3.05) is 6.54 Å². The van der Waals surface area contributed by atoms with Crippen molar-refractivity contribution in [1.82, 2.24) is 14.9 Å². The highest BCUT2D eigenvalue weighted by molar-refractivity contribution is 5.85. The van der Waals surface area contributed by atoms with E-state index < -0.39 is 5.67 Å². The Labute approximate surface area is 160 Å². The first-order chi connectivity index (χ1) is 12.9. The molecule has 0 fully saturated rings. The van der Waals surface area contributed by atoms with Crippen LogP contribution in [0.3, 0.4) is 0 Å². The predicted octanol–water partition coefficient (Wildman–Crippen LogP) is 5.21. The summed E-state index contributed by atoms with van der Waals surface area (Å²) in [4.78, 5) is 10.6. The van der Waals surface area contributed by atoms with Crippen LogP contribution in [0.2, 0.25) is 0 Å². The number of rotatable bonds is 4. The highest BCUT2D eigenvalue weighted by Gasteiger charge is 2.38. The third-order valence-electron chi connectivity index (χ3n) is 5.60. The van der Waals surface area contributed by atoms with Crippen LogP contribution in [0.5, 0.6) is 0 Å². The van der Waals surface area contributed by atoms with Crippen molar-refractivity contribution < 1.29 is 4.39 Å². The van der Waals surface area contributed by atoms with E-state index in [4.69, 9.17) is 0 Å². The molecule has 4 rings (SSSR count). The molecule has 27 heavy (non-hydrogen) atoms.